The van der Waals surface area contributed by atoms with E-state index in [-0.39, 0.29) is 11.4 Å². The lowest BCUT2D eigenvalue weighted by Gasteiger charge is -2.29. The normalized spacial score (nSPS) is 15.0. The monoisotopic (exact) mass is 536 g/mol. The van der Waals surface area contributed by atoms with Crippen LogP contribution in [0.4, 0.5) is 23.2 Å². The Morgan fingerprint density at radius 3 is 2.66 bits per heavy atom. The zero-order valence-corrected chi connectivity index (χ0v) is 21.2. The number of ether oxygens (including phenoxy) is 2. The minimum atomic E-state index is -3.18. The van der Waals surface area contributed by atoms with E-state index >= 15 is 0 Å². The van der Waals surface area contributed by atoms with Crippen LogP contribution in [0.3, 0.4) is 0 Å². The zero-order chi connectivity index (χ0) is 27.9. The second kappa shape index (κ2) is 12.6. The number of amides is 1. The maximum atomic E-state index is 13.5. The molecule has 2 aromatic heterocycles. The summed E-state index contributed by atoms with van der Waals surface area (Å²) >= 11 is 0. The third-order valence-electron chi connectivity index (χ3n) is 5.42. The molecule has 0 radical (unpaired) electrons. The number of halogens is 4. The van der Waals surface area contributed by atoms with E-state index in [9.17, 15) is 22.4 Å². The minimum Gasteiger partial charge on any atom is -0.469 e. The van der Waals surface area contributed by atoms with Gasteiger partial charge in [-0.1, -0.05) is 6.58 Å². The first kappa shape index (κ1) is 28.7. The number of rotatable bonds is 10. The maximum absolute atomic E-state index is 13.5. The average Bonchev–Trinajstić information content (AvgIpc) is 2.90. The minimum absolute atomic E-state index is 0.0168. The van der Waals surface area contributed by atoms with Crippen LogP contribution < -0.4 is 15.0 Å². The quantitative estimate of drug-likeness (QED) is 0.358. The zero-order valence-electron chi connectivity index (χ0n) is 21.2. The SMILES string of the molecule is C=C(/C(C)=N\C=C(/C)NC(=O)c1ccnc(C(C)(F)F)c1)c1cc(N2CCOCC2)c(OCC(F)F)nn1. The van der Waals surface area contributed by atoms with Crippen LogP contribution in [0.25, 0.3) is 5.57 Å². The lowest BCUT2D eigenvalue weighted by Crippen LogP contribution is -2.36. The van der Waals surface area contributed by atoms with Crippen LogP contribution in [0.2, 0.25) is 0 Å². The number of nitrogens with one attached hydrogen (secondary N) is 1. The van der Waals surface area contributed by atoms with Crippen molar-refractivity contribution in [2.75, 3.05) is 37.8 Å². The highest BCUT2D eigenvalue weighted by Crippen LogP contribution is 2.29. The van der Waals surface area contributed by atoms with E-state index in [1.54, 1.807) is 19.9 Å². The number of anilines is 1. The Morgan fingerprint density at radius 1 is 1.29 bits per heavy atom. The summed E-state index contributed by atoms with van der Waals surface area (Å²) in [5, 5.41) is 10.6. The van der Waals surface area contributed by atoms with Crippen molar-refractivity contribution >= 4 is 22.9 Å². The number of hydrogen-bond acceptors (Lipinski definition) is 8. The standard InChI is InChI=1S/C25H28F4N6O3/c1-15(32-23(36)18-5-6-30-21(11-18)25(4,28)29)13-31-17(3)16(2)19-12-20(35-7-9-37-10-8-35)24(34-33-19)38-14-22(26)27/h5-6,11-13,22H,2,7-10,14H2,1,3-4H3,(H,32,36)/b15-13+,31-17-. The van der Waals surface area contributed by atoms with Crippen molar-refractivity contribution in [1.29, 1.82) is 0 Å². The Kier molecular flexibility index (Phi) is 9.50. The van der Waals surface area contributed by atoms with Gasteiger partial charge in [-0.05, 0) is 32.0 Å². The number of alkyl halides is 4. The number of pyridine rings is 1. The van der Waals surface area contributed by atoms with Gasteiger partial charge in [0.2, 0.25) is 0 Å². The molecule has 3 heterocycles. The van der Waals surface area contributed by atoms with Crippen LogP contribution in [-0.2, 0) is 10.7 Å². The van der Waals surface area contributed by atoms with Crippen molar-refractivity contribution in [3.05, 3.63) is 59.8 Å². The van der Waals surface area contributed by atoms with Crippen LogP contribution in [0, 0.1) is 0 Å². The summed E-state index contributed by atoms with van der Waals surface area (Å²) in [7, 11) is 0. The van der Waals surface area contributed by atoms with Gasteiger partial charge in [0, 0.05) is 55.0 Å². The van der Waals surface area contributed by atoms with E-state index < -0.39 is 30.6 Å². The van der Waals surface area contributed by atoms with Gasteiger partial charge in [0.05, 0.1) is 18.9 Å². The second-order valence-corrected chi connectivity index (χ2v) is 8.50. The molecule has 0 unspecified atom stereocenters. The van der Waals surface area contributed by atoms with Gasteiger partial charge in [-0.15, -0.1) is 10.2 Å². The maximum Gasteiger partial charge on any atom is 0.286 e. The van der Waals surface area contributed by atoms with E-state index in [0.717, 1.165) is 12.3 Å². The molecule has 0 spiro atoms. The molecule has 0 saturated carbocycles. The van der Waals surface area contributed by atoms with E-state index in [4.69, 9.17) is 9.47 Å². The summed E-state index contributed by atoms with van der Waals surface area (Å²) in [6.45, 7) is 9.11. The molecular formula is C25H28F4N6O3. The van der Waals surface area contributed by atoms with Gasteiger partial charge in [0.25, 0.3) is 24.1 Å². The van der Waals surface area contributed by atoms with Crippen molar-refractivity contribution < 1.29 is 31.8 Å². The number of morpholine rings is 1. The van der Waals surface area contributed by atoms with Crippen LogP contribution in [-0.4, -0.2) is 66.1 Å². The Labute approximate surface area is 217 Å². The number of carbonyl (C=O) groups is 1. The molecule has 9 nitrogen and oxygen atoms in total. The van der Waals surface area contributed by atoms with Gasteiger partial charge >= 0.3 is 0 Å². The van der Waals surface area contributed by atoms with Crippen LogP contribution in [0.5, 0.6) is 5.88 Å². The first-order chi connectivity index (χ1) is 18.0. The van der Waals surface area contributed by atoms with Crippen molar-refractivity contribution in [2.45, 2.75) is 33.1 Å². The molecule has 1 saturated heterocycles. The molecule has 1 fully saturated rings. The Hall–Kier alpha value is -3.87. The van der Waals surface area contributed by atoms with Gasteiger partial charge in [0.1, 0.15) is 11.4 Å². The summed E-state index contributed by atoms with van der Waals surface area (Å²) in [5.74, 6) is -3.79. The first-order valence-electron chi connectivity index (χ1n) is 11.6. The van der Waals surface area contributed by atoms with Crippen molar-refractivity contribution in [2.24, 2.45) is 4.99 Å². The molecule has 13 heteroatoms. The molecule has 1 amide bonds. The van der Waals surface area contributed by atoms with Crippen LogP contribution >= 0.6 is 0 Å². The highest BCUT2D eigenvalue weighted by Gasteiger charge is 2.27. The van der Waals surface area contributed by atoms with E-state index in [2.05, 4.69) is 32.1 Å². The number of aliphatic imine (C=N–C) groups is 1. The Morgan fingerprint density at radius 2 is 2.00 bits per heavy atom. The number of carbonyl (C=O) groups excluding carboxylic acids is 1. The average molecular weight is 537 g/mol. The van der Waals surface area contributed by atoms with Gasteiger partial charge in [-0.25, -0.2) is 8.78 Å². The molecule has 0 aliphatic carbocycles. The molecule has 0 atom stereocenters. The molecule has 204 valence electrons. The molecule has 1 aliphatic rings. The highest BCUT2D eigenvalue weighted by molar-refractivity contribution is 6.21. The molecule has 1 N–H and O–H groups in total. The summed E-state index contributed by atoms with van der Waals surface area (Å²) in [4.78, 5) is 22.3. The van der Waals surface area contributed by atoms with Gasteiger partial charge < -0.3 is 19.7 Å². The predicted octanol–water partition coefficient (Wildman–Crippen LogP) is 4.23. The fraction of sp³-hybridized carbons (Fsp3) is 0.400. The predicted molar refractivity (Wildman–Crippen MR) is 134 cm³/mol. The van der Waals surface area contributed by atoms with Gasteiger partial charge in [-0.3, -0.25) is 14.8 Å². The molecule has 38 heavy (non-hydrogen) atoms. The van der Waals surface area contributed by atoms with Gasteiger partial charge in [-0.2, -0.15) is 8.78 Å². The van der Waals surface area contributed by atoms with Crippen molar-refractivity contribution in [3.63, 3.8) is 0 Å². The fourth-order valence-corrected chi connectivity index (χ4v) is 3.35. The third kappa shape index (κ3) is 7.81. The van der Waals surface area contributed by atoms with E-state index in [1.807, 2.05) is 4.90 Å². The lowest BCUT2D eigenvalue weighted by molar-refractivity contribution is 0.0127. The van der Waals surface area contributed by atoms with Crippen LogP contribution in [0.1, 0.15) is 42.5 Å². The Balaban J connectivity index is 1.75. The molecule has 0 bridgehead atoms. The summed E-state index contributed by atoms with van der Waals surface area (Å²) in [5.41, 5.74) is 1.55. The highest BCUT2D eigenvalue weighted by atomic mass is 19.3. The third-order valence-corrected chi connectivity index (χ3v) is 5.42. The summed E-state index contributed by atoms with van der Waals surface area (Å²) < 4.78 is 63.0. The lowest BCUT2D eigenvalue weighted by atomic mass is 10.1. The second-order valence-electron chi connectivity index (χ2n) is 8.50. The van der Waals surface area contributed by atoms with Crippen LogP contribution in [0.15, 0.2) is 47.9 Å². The molecule has 0 aromatic carbocycles. The number of nitrogens with zero attached hydrogens (tertiary/aromatic N) is 5. The number of hydrogen-bond donors (Lipinski definition) is 1. The largest absolute Gasteiger partial charge is 0.469 e. The summed E-state index contributed by atoms with van der Waals surface area (Å²) in [6, 6.07) is 4.00. The molecule has 3 rings (SSSR count). The van der Waals surface area contributed by atoms with E-state index in [1.165, 1.54) is 12.3 Å². The van der Waals surface area contributed by atoms with Crippen molar-refractivity contribution in [1.82, 2.24) is 20.5 Å². The fourth-order valence-electron chi connectivity index (χ4n) is 3.35. The van der Waals surface area contributed by atoms with Gasteiger partial charge in [0.15, 0.2) is 6.61 Å². The molecular weight excluding hydrogens is 508 g/mol. The molecule has 2 aromatic rings. The molecule has 1 aliphatic heterocycles. The smallest absolute Gasteiger partial charge is 0.286 e. The topological polar surface area (TPSA) is 102 Å². The van der Waals surface area contributed by atoms with E-state index in [0.29, 0.717) is 61.6 Å². The first-order valence-corrected chi connectivity index (χ1v) is 11.6. The number of allylic oxidation sites excluding steroid dienone is 2. The Bertz CT molecular complexity index is 1220. The van der Waals surface area contributed by atoms with Crippen molar-refractivity contribution in [3.8, 4) is 5.88 Å². The number of aromatic nitrogens is 3. The summed E-state index contributed by atoms with van der Waals surface area (Å²) in [6.07, 6.45) is -0.143.